The molecule has 2 aromatic rings. The summed E-state index contributed by atoms with van der Waals surface area (Å²) in [7, 11) is -3.50. The fraction of sp³-hybridized carbons (Fsp3) is 0.312. The number of anilines is 1. The van der Waals surface area contributed by atoms with Crippen LogP contribution < -0.4 is 5.73 Å². The molecule has 118 valence electrons. The Hall–Kier alpha value is -1.92. The average molecular weight is 319 g/mol. The molecule has 0 aliphatic rings. The van der Waals surface area contributed by atoms with Crippen LogP contribution in [-0.2, 0) is 16.4 Å². The molecule has 2 rings (SSSR count). The Kier molecular flexibility index (Phi) is 5.15. The van der Waals surface area contributed by atoms with Gasteiger partial charge in [-0.3, -0.25) is 4.98 Å². The Labute approximate surface area is 131 Å². The van der Waals surface area contributed by atoms with Gasteiger partial charge < -0.3 is 5.73 Å². The van der Waals surface area contributed by atoms with Crippen LogP contribution in [0.15, 0.2) is 47.6 Å². The maximum Gasteiger partial charge on any atom is 0.243 e. The van der Waals surface area contributed by atoms with Gasteiger partial charge in [0.15, 0.2) is 0 Å². The average Bonchev–Trinajstić information content (AvgIpc) is 2.51. The SMILES string of the molecule is CCN(CCc1ccncc1)S(=O)(=O)c1ccc(N)c(C)c1. The van der Waals surface area contributed by atoms with Crippen molar-refractivity contribution < 1.29 is 8.42 Å². The lowest BCUT2D eigenvalue weighted by atomic mass is 10.2. The smallest absolute Gasteiger partial charge is 0.243 e. The van der Waals surface area contributed by atoms with Gasteiger partial charge in [0.05, 0.1) is 4.90 Å². The molecule has 6 heteroatoms. The molecule has 0 spiro atoms. The van der Waals surface area contributed by atoms with Crippen molar-refractivity contribution in [3.05, 3.63) is 53.9 Å². The molecule has 1 aromatic carbocycles. The number of hydrogen-bond acceptors (Lipinski definition) is 4. The highest BCUT2D eigenvalue weighted by molar-refractivity contribution is 7.89. The van der Waals surface area contributed by atoms with Gasteiger partial charge >= 0.3 is 0 Å². The molecule has 1 heterocycles. The van der Waals surface area contributed by atoms with Crippen molar-refractivity contribution in [1.82, 2.24) is 9.29 Å². The quantitative estimate of drug-likeness (QED) is 0.828. The number of aryl methyl sites for hydroxylation is 1. The number of rotatable bonds is 6. The molecule has 22 heavy (non-hydrogen) atoms. The zero-order chi connectivity index (χ0) is 16.2. The summed E-state index contributed by atoms with van der Waals surface area (Å²) in [6.45, 7) is 4.51. The first-order valence-electron chi connectivity index (χ1n) is 7.20. The van der Waals surface area contributed by atoms with Crippen LogP contribution in [0.4, 0.5) is 5.69 Å². The normalized spacial score (nSPS) is 11.8. The van der Waals surface area contributed by atoms with E-state index in [1.807, 2.05) is 26.0 Å². The zero-order valence-electron chi connectivity index (χ0n) is 12.9. The number of nitrogens with zero attached hydrogens (tertiary/aromatic N) is 2. The highest BCUT2D eigenvalue weighted by Gasteiger charge is 2.23. The Bertz CT molecular complexity index is 730. The summed E-state index contributed by atoms with van der Waals surface area (Å²) in [5.74, 6) is 0. The second kappa shape index (κ2) is 6.89. The Morgan fingerprint density at radius 2 is 1.86 bits per heavy atom. The third-order valence-corrected chi connectivity index (χ3v) is 5.60. The van der Waals surface area contributed by atoms with Gasteiger partial charge in [-0.25, -0.2) is 8.42 Å². The number of aromatic nitrogens is 1. The molecule has 0 amide bonds. The summed E-state index contributed by atoms with van der Waals surface area (Å²) in [6, 6.07) is 8.62. The van der Waals surface area contributed by atoms with Crippen LogP contribution >= 0.6 is 0 Å². The summed E-state index contributed by atoms with van der Waals surface area (Å²) in [4.78, 5) is 4.25. The fourth-order valence-corrected chi connectivity index (χ4v) is 3.74. The van der Waals surface area contributed by atoms with E-state index in [1.54, 1.807) is 30.6 Å². The molecule has 0 atom stereocenters. The Balaban J connectivity index is 2.19. The molecule has 0 fully saturated rings. The molecule has 1 aromatic heterocycles. The molecule has 5 nitrogen and oxygen atoms in total. The van der Waals surface area contributed by atoms with Crippen molar-refractivity contribution in [2.45, 2.75) is 25.2 Å². The first-order chi connectivity index (χ1) is 10.4. The van der Waals surface area contributed by atoms with Crippen molar-refractivity contribution in [3.63, 3.8) is 0 Å². The monoisotopic (exact) mass is 319 g/mol. The summed E-state index contributed by atoms with van der Waals surface area (Å²) in [6.07, 6.45) is 4.08. The van der Waals surface area contributed by atoms with E-state index in [2.05, 4.69) is 4.98 Å². The van der Waals surface area contributed by atoms with Gasteiger partial charge in [-0.15, -0.1) is 0 Å². The number of benzene rings is 1. The van der Waals surface area contributed by atoms with Gasteiger partial charge in [0.25, 0.3) is 0 Å². The van der Waals surface area contributed by atoms with Gasteiger partial charge in [0, 0.05) is 31.2 Å². The van der Waals surface area contributed by atoms with E-state index < -0.39 is 10.0 Å². The Morgan fingerprint density at radius 3 is 2.45 bits per heavy atom. The molecular weight excluding hydrogens is 298 g/mol. The summed E-state index contributed by atoms with van der Waals surface area (Å²) >= 11 is 0. The van der Waals surface area contributed by atoms with E-state index in [0.717, 1.165) is 11.1 Å². The lowest BCUT2D eigenvalue weighted by Gasteiger charge is -2.21. The second-order valence-corrected chi connectivity index (χ2v) is 7.06. The molecule has 2 N–H and O–H groups in total. The minimum Gasteiger partial charge on any atom is -0.399 e. The molecule has 0 unspecified atom stereocenters. The van der Waals surface area contributed by atoms with Gasteiger partial charge in [-0.1, -0.05) is 6.92 Å². The maximum atomic E-state index is 12.7. The second-order valence-electron chi connectivity index (χ2n) is 5.12. The number of hydrogen-bond donors (Lipinski definition) is 1. The number of sulfonamides is 1. The number of nitrogens with two attached hydrogens (primary N) is 1. The van der Waals surface area contributed by atoms with Crippen LogP contribution in [0.1, 0.15) is 18.1 Å². The van der Waals surface area contributed by atoms with Crippen LogP contribution in [0.25, 0.3) is 0 Å². The van der Waals surface area contributed by atoms with Crippen LogP contribution in [0.2, 0.25) is 0 Å². The van der Waals surface area contributed by atoms with Crippen molar-refractivity contribution in [2.75, 3.05) is 18.8 Å². The van der Waals surface area contributed by atoms with Gasteiger partial charge in [0.1, 0.15) is 0 Å². The largest absolute Gasteiger partial charge is 0.399 e. The van der Waals surface area contributed by atoms with Crippen molar-refractivity contribution in [3.8, 4) is 0 Å². The maximum absolute atomic E-state index is 12.7. The topological polar surface area (TPSA) is 76.3 Å². The van der Waals surface area contributed by atoms with E-state index >= 15 is 0 Å². The van der Waals surface area contributed by atoms with Crippen molar-refractivity contribution >= 4 is 15.7 Å². The predicted molar refractivity (Wildman–Crippen MR) is 88.0 cm³/mol. The van der Waals surface area contributed by atoms with Crippen LogP contribution in [0.5, 0.6) is 0 Å². The summed E-state index contributed by atoms with van der Waals surface area (Å²) in [5.41, 5.74) is 8.19. The zero-order valence-corrected chi connectivity index (χ0v) is 13.7. The first kappa shape index (κ1) is 16.5. The minimum absolute atomic E-state index is 0.288. The van der Waals surface area contributed by atoms with E-state index in [9.17, 15) is 8.42 Å². The molecule has 0 radical (unpaired) electrons. The van der Waals surface area contributed by atoms with Crippen molar-refractivity contribution in [1.29, 1.82) is 0 Å². The summed E-state index contributed by atoms with van der Waals surface area (Å²) in [5, 5.41) is 0. The first-order valence-corrected chi connectivity index (χ1v) is 8.64. The molecule has 0 aliphatic carbocycles. The highest BCUT2D eigenvalue weighted by atomic mass is 32.2. The number of nitrogen functional groups attached to an aromatic ring is 1. The lowest BCUT2D eigenvalue weighted by Crippen LogP contribution is -2.32. The summed E-state index contributed by atoms with van der Waals surface area (Å²) < 4.78 is 26.9. The van der Waals surface area contributed by atoms with Gasteiger partial charge in [-0.05, 0) is 54.8 Å². The predicted octanol–water partition coefficient (Wildman–Crippen LogP) is 2.23. The number of likely N-dealkylation sites (N-methyl/N-ethyl adjacent to an activating group) is 1. The van der Waals surface area contributed by atoms with E-state index in [4.69, 9.17) is 5.73 Å². The third kappa shape index (κ3) is 3.64. The van der Waals surface area contributed by atoms with Crippen LogP contribution in [0, 0.1) is 6.92 Å². The van der Waals surface area contributed by atoms with Gasteiger partial charge in [-0.2, -0.15) is 4.31 Å². The molecule has 0 bridgehead atoms. The lowest BCUT2D eigenvalue weighted by molar-refractivity contribution is 0.431. The molecule has 0 aliphatic heterocycles. The van der Waals surface area contributed by atoms with Crippen LogP contribution in [-0.4, -0.2) is 30.8 Å². The van der Waals surface area contributed by atoms with Gasteiger partial charge in [0.2, 0.25) is 10.0 Å². The minimum atomic E-state index is -3.50. The third-order valence-electron chi connectivity index (χ3n) is 3.63. The van der Waals surface area contributed by atoms with E-state index in [1.165, 1.54) is 4.31 Å². The van der Waals surface area contributed by atoms with Crippen LogP contribution in [0.3, 0.4) is 0 Å². The number of pyridine rings is 1. The molecular formula is C16H21N3O2S. The fourth-order valence-electron chi connectivity index (χ4n) is 2.21. The van der Waals surface area contributed by atoms with E-state index in [0.29, 0.717) is 25.2 Å². The highest BCUT2D eigenvalue weighted by Crippen LogP contribution is 2.20. The Morgan fingerprint density at radius 1 is 1.18 bits per heavy atom. The van der Waals surface area contributed by atoms with Crippen molar-refractivity contribution in [2.24, 2.45) is 0 Å². The standard InChI is InChI=1S/C16H21N3O2S/c1-3-19(11-8-14-6-9-18-10-7-14)22(20,21)15-4-5-16(17)13(2)12-15/h4-7,9-10,12H,3,8,11,17H2,1-2H3. The van der Waals surface area contributed by atoms with E-state index in [-0.39, 0.29) is 4.90 Å². The molecule has 0 saturated heterocycles. The molecule has 0 saturated carbocycles.